The number of anilines is 1. The van der Waals surface area contributed by atoms with E-state index in [1.807, 2.05) is 24.3 Å². The summed E-state index contributed by atoms with van der Waals surface area (Å²) in [6.45, 7) is 4.15. The number of aromatic nitrogens is 2. The molecule has 1 atom stereocenters. The summed E-state index contributed by atoms with van der Waals surface area (Å²) < 4.78 is 6.78. The van der Waals surface area contributed by atoms with Crippen molar-refractivity contribution >= 4 is 45.1 Å². The Balaban J connectivity index is 1.41. The summed E-state index contributed by atoms with van der Waals surface area (Å²) in [5.41, 5.74) is 4.95. The van der Waals surface area contributed by atoms with E-state index in [4.69, 9.17) is 4.42 Å². The fourth-order valence-corrected chi connectivity index (χ4v) is 6.38. The van der Waals surface area contributed by atoms with Gasteiger partial charge in [-0.25, -0.2) is 0 Å². The van der Waals surface area contributed by atoms with Gasteiger partial charge in [-0.3, -0.25) is 14.5 Å². The molecule has 6 rings (SSSR count). The summed E-state index contributed by atoms with van der Waals surface area (Å²) in [6.07, 6.45) is 0.898. The first-order chi connectivity index (χ1) is 18.0. The minimum absolute atomic E-state index is 0.0670. The second-order valence-corrected chi connectivity index (χ2v) is 11.1. The Morgan fingerprint density at radius 2 is 1.68 bits per heavy atom. The number of hydrogen-bond donors (Lipinski definition) is 0. The first-order valence-electron chi connectivity index (χ1n) is 12.0. The van der Waals surface area contributed by atoms with Crippen LogP contribution in [0.15, 0.2) is 86.3 Å². The van der Waals surface area contributed by atoms with E-state index in [1.165, 1.54) is 28.0 Å². The van der Waals surface area contributed by atoms with E-state index in [0.29, 0.717) is 21.7 Å². The summed E-state index contributed by atoms with van der Waals surface area (Å²) in [7, 11) is 0. The Hall–Kier alpha value is -3.75. The second kappa shape index (κ2) is 9.61. The lowest BCUT2D eigenvalue weighted by Gasteiger charge is -2.22. The number of benzene rings is 3. The van der Waals surface area contributed by atoms with E-state index in [9.17, 15) is 9.59 Å². The molecule has 1 unspecified atom stereocenters. The normalized spacial score (nSPS) is 14.9. The van der Waals surface area contributed by atoms with Gasteiger partial charge < -0.3 is 4.42 Å². The van der Waals surface area contributed by atoms with Crippen LogP contribution in [0.3, 0.4) is 0 Å². The molecule has 0 bridgehead atoms. The van der Waals surface area contributed by atoms with Crippen LogP contribution >= 0.6 is 23.1 Å². The van der Waals surface area contributed by atoms with E-state index >= 15 is 0 Å². The van der Waals surface area contributed by atoms with E-state index in [-0.39, 0.29) is 17.1 Å². The zero-order valence-corrected chi connectivity index (χ0v) is 21.9. The van der Waals surface area contributed by atoms with Gasteiger partial charge in [0.1, 0.15) is 5.58 Å². The van der Waals surface area contributed by atoms with Crippen molar-refractivity contribution in [1.29, 1.82) is 0 Å². The molecule has 1 amide bonds. The molecular formula is C29H23N3O3S2. The molecule has 0 fully saturated rings. The number of rotatable bonds is 6. The minimum atomic E-state index is -0.642. The zero-order chi connectivity index (χ0) is 25.5. The highest BCUT2D eigenvalue weighted by Gasteiger charge is 2.45. The van der Waals surface area contributed by atoms with Gasteiger partial charge in [0.25, 0.3) is 5.91 Å². The van der Waals surface area contributed by atoms with Crippen molar-refractivity contribution in [3.8, 4) is 0 Å². The first kappa shape index (κ1) is 23.6. The van der Waals surface area contributed by atoms with Crippen LogP contribution < -0.4 is 10.3 Å². The monoisotopic (exact) mass is 525 g/mol. The number of amides is 1. The van der Waals surface area contributed by atoms with Crippen LogP contribution in [0.1, 0.15) is 51.3 Å². The van der Waals surface area contributed by atoms with Gasteiger partial charge in [-0.15, -0.1) is 10.2 Å². The smallest absolute Gasteiger partial charge is 0.297 e. The molecule has 37 heavy (non-hydrogen) atoms. The Morgan fingerprint density at radius 1 is 0.946 bits per heavy atom. The standard InChI is InChI=1S/C29H23N3O3S2/c1-3-18-12-14-20(15-13-18)24-23-25(33)21-6-4-5-7-22(21)35-26(23)27(34)32(24)28-30-31-29(37-28)36-16-19-10-8-17(2)9-11-19/h4-15,24H,3,16H2,1-2H3. The quantitative estimate of drug-likeness (QED) is 0.185. The molecule has 0 saturated heterocycles. The molecule has 1 aliphatic heterocycles. The number of carbonyl (C=O) groups excluding carboxylic acids is 1. The fourth-order valence-electron chi connectivity index (χ4n) is 4.56. The van der Waals surface area contributed by atoms with Gasteiger partial charge in [-0.1, -0.05) is 96.2 Å². The van der Waals surface area contributed by atoms with Gasteiger partial charge in [0.2, 0.25) is 10.9 Å². The van der Waals surface area contributed by atoms with Crippen LogP contribution in [0.4, 0.5) is 5.13 Å². The lowest BCUT2D eigenvalue weighted by atomic mass is 9.97. The van der Waals surface area contributed by atoms with Crippen LogP contribution in [-0.4, -0.2) is 16.1 Å². The van der Waals surface area contributed by atoms with Crippen molar-refractivity contribution in [1.82, 2.24) is 10.2 Å². The predicted octanol–water partition coefficient (Wildman–Crippen LogP) is 6.56. The average Bonchev–Trinajstić information content (AvgIpc) is 3.51. The third-order valence-electron chi connectivity index (χ3n) is 6.57. The van der Waals surface area contributed by atoms with Gasteiger partial charge in [0.15, 0.2) is 9.77 Å². The van der Waals surface area contributed by atoms with Crippen LogP contribution in [0.2, 0.25) is 0 Å². The van der Waals surface area contributed by atoms with E-state index < -0.39 is 6.04 Å². The summed E-state index contributed by atoms with van der Waals surface area (Å²) in [6, 6.07) is 22.8. The highest BCUT2D eigenvalue weighted by Crippen LogP contribution is 2.43. The molecule has 0 N–H and O–H groups in total. The van der Waals surface area contributed by atoms with Gasteiger partial charge in [-0.2, -0.15) is 0 Å². The molecule has 184 valence electrons. The van der Waals surface area contributed by atoms with Gasteiger partial charge in [0, 0.05) is 5.75 Å². The molecule has 2 aromatic heterocycles. The van der Waals surface area contributed by atoms with Gasteiger partial charge >= 0.3 is 0 Å². The summed E-state index contributed by atoms with van der Waals surface area (Å²) in [4.78, 5) is 29.0. The van der Waals surface area contributed by atoms with Gasteiger partial charge in [0.05, 0.1) is 17.0 Å². The Morgan fingerprint density at radius 3 is 2.43 bits per heavy atom. The number of para-hydroxylation sites is 1. The molecule has 0 saturated carbocycles. The lowest BCUT2D eigenvalue weighted by molar-refractivity contribution is 0.0970. The topological polar surface area (TPSA) is 76.3 Å². The number of nitrogens with zero attached hydrogens (tertiary/aromatic N) is 3. The Bertz CT molecular complexity index is 1670. The highest BCUT2D eigenvalue weighted by atomic mass is 32.2. The minimum Gasteiger partial charge on any atom is -0.450 e. The van der Waals surface area contributed by atoms with Crippen LogP contribution in [0.25, 0.3) is 11.0 Å². The molecule has 1 aliphatic rings. The highest BCUT2D eigenvalue weighted by molar-refractivity contribution is 8.00. The molecule has 0 radical (unpaired) electrons. The molecule has 3 aromatic carbocycles. The second-order valence-electron chi connectivity index (χ2n) is 8.97. The first-order valence-corrected chi connectivity index (χ1v) is 13.8. The lowest BCUT2D eigenvalue weighted by Crippen LogP contribution is -2.29. The van der Waals surface area contributed by atoms with Crippen LogP contribution in [-0.2, 0) is 12.2 Å². The molecule has 8 heteroatoms. The van der Waals surface area contributed by atoms with Crippen molar-refractivity contribution in [2.75, 3.05) is 4.90 Å². The maximum absolute atomic E-state index is 13.7. The van der Waals surface area contributed by atoms with Gasteiger partial charge in [-0.05, 0) is 42.2 Å². The van der Waals surface area contributed by atoms with E-state index in [1.54, 1.807) is 40.9 Å². The van der Waals surface area contributed by atoms with Crippen molar-refractivity contribution in [3.05, 3.63) is 117 Å². The third-order valence-corrected chi connectivity index (χ3v) is 8.69. The largest absolute Gasteiger partial charge is 0.450 e. The molecule has 6 nitrogen and oxygen atoms in total. The SMILES string of the molecule is CCc1ccc(C2c3c(oc4ccccc4c3=O)C(=O)N2c2nnc(SCc3ccc(C)cc3)s2)cc1. The third kappa shape index (κ3) is 4.26. The zero-order valence-electron chi connectivity index (χ0n) is 20.3. The predicted molar refractivity (Wildman–Crippen MR) is 148 cm³/mol. The summed E-state index contributed by atoms with van der Waals surface area (Å²) in [5, 5.41) is 9.63. The van der Waals surface area contributed by atoms with Crippen molar-refractivity contribution in [2.45, 2.75) is 36.4 Å². The van der Waals surface area contributed by atoms with E-state index in [0.717, 1.165) is 22.1 Å². The summed E-state index contributed by atoms with van der Waals surface area (Å²) >= 11 is 2.92. The number of carbonyl (C=O) groups is 1. The molecule has 5 aromatic rings. The van der Waals surface area contributed by atoms with Crippen molar-refractivity contribution in [3.63, 3.8) is 0 Å². The maximum Gasteiger partial charge on any atom is 0.297 e. The average molecular weight is 526 g/mol. The number of thioether (sulfide) groups is 1. The Labute approximate surface area is 222 Å². The summed E-state index contributed by atoms with van der Waals surface area (Å²) in [5.74, 6) is 0.433. The molecule has 0 aliphatic carbocycles. The Kier molecular flexibility index (Phi) is 6.14. The maximum atomic E-state index is 13.7. The van der Waals surface area contributed by atoms with Crippen molar-refractivity contribution in [2.24, 2.45) is 0 Å². The van der Waals surface area contributed by atoms with Crippen LogP contribution in [0.5, 0.6) is 0 Å². The van der Waals surface area contributed by atoms with E-state index in [2.05, 4.69) is 48.3 Å². The number of aryl methyl sites for hydroxylation is 2. The number of hydrogen-bond acceptors (Lipinski definition) is 7. The molecule has 0 spiro atoms. The molecular weight excluding hydrogens is 502 g/mol. The fraction of sp³-hybridized carbons (Fsp3) is 0.172. The van der Waals surface area contributed by atoms with Crippen LogP contribution in [0, 0.1) is 6.92 Å². The molecule has 3 heterocycles. The number of fused-ring (bicyclic) bond motifs is 2. The van der Waals surface area contributed by atoms with Crippen molar-refractivity contribution < 1.29 is 9.21 Å².